The highest BCUT2D eigenvalue weighted by Crippen LogP contribution is 2.21. The van der Waals surface area contributed by atoms with Crippen molar-refractivity contribution < 1.29 is 19.4 Å². The molecule has 2 saturated heterocycles. The summed E-state index contributed by atoms with van der Waals surface area (Å²) < 4.78 is 11.2. The van der Waals surface area contributed by atoms with Gasteiger partial charge >= 0.3 is 5.97 Å². The largest absolute Gasteiger partial charge is 0.481 e. The minimum atomic E-state index is -0.789. The van der Waals surface area contributed by atoms with E-state index >= 15 is 0 Å². The van der Waals surface area contributed by atoms with Crippen LogP contribution in [0.15, 0.2) is 0 Å². The molecule has 1 N–H and O–H groups in total. The molecule has 0 spiro atoms. The second kappa shape index (κ2) is 5.80. The van der Waals surface area contributed by atoms with Crippen LogP contribution in [0.4, 0.5) is 0 Å². The Bertz CT molecular complexity index is 271. The average molecular weight is 243 g/mol. The first-order valence-electron chi connectivity index (χ1n) is 6.34. The van der Waals surface area contributed by atoms with Crippen molar-refractivity contribution in [1.29, 1.82) is 0 Å². The van der Waals surface area contributed by atoms with Crippen LogP contribution >= 0.6 is 0 Å². The monoisotopic (exact) mass is 243 g/mol. The molecule has 2 heterocycles. The van der Waals surface area contributed by atoms with Gasteiger partial charge in [0.2, 0.25) is 0 Å². The van der Waals surface area contributed by atoms with E-state index in [0.717, 1.165) is 25.9 Å². The van der Waals surface area contributed by atoms with E-state index in [0.29, 0.717) is 25.4 Å². The Balaban J connectivity index is 1.75. The van der Waals surface area contributed by atoms with Crippen LogP contribution in [0.25, 0.3) is 0 Å². The van der Waals surface area contributed by atoms with Gasteiger partial charge in [-0.25, -0.2) is 0 Å². The van der Waals surface area contributed by atoms with E-state index < -0.39 is 5.97 Å². The number of carbonyl (C=O) groups is 1. The lowest BCUT2D eigenvalue weighted by Crippen LogP contribution is -2.46. The predicted octanol–water partition coefficient (Wildman–Crippen LogP) is 0.729. The summed E-state index contributed by atoms with van der Waals surface area (Å²) in [7, 11) is 0. The molecule has 0 bridgehead atoms. The summed E-state index contributed by atoms with van der Waals surface area (Å²) in [6.07, 6.45) is 2.86. The standard InChI is InChI=1S/C12H21NO4/c1-9-2-3-10(17-9)7-13-4-5-16-11(8-13)6-12(14)15/h9-11H,2-8H2,1H3,(H,14,15). The number of aliphatic carboxylic acids is 1. The van der Waals surface area contributed by atoms with E-state index in [-0.39, 0.29) is 12.5 Å². The lowest BCUT2D eigenvalue weighted by Gasteiger charge is -2.33. The highest BCUT2D eigenvalue weighted by molar-refractivity contribution is 5.67. The zero-order valence-corrected chi connectivity index (χ0v) is 10.3. The smallest absolute Gasteiger partial charge is 0.306 e. The zero-order chi connectivity index (χ0) is 12.3. The van der Waals surface area contributed by atoms with Crippen LogP contribution in [-0.4, -0.2) is 60.5 Å². The van der Waals surface area contributed by atoms with E-state index in [1.165, 1.54) is 0 Å². The second-order valence-corrected chi connectivity index (χ2v) is 5.00. The van der Waals surface area contributed by atoms with Gasteiger partial charge in [-0.2, -0.15) is 0 Å². The number of rotatable bonds is 4. The van der Waals surface area contributed by atoms with Crippen molar-refractivity contribution in [2.24, 2.45) is 0 Å². The fraction of sp³-hybridized carbons (Fsp3) is 0.917. The number of ether oxygens (including phenoxy) is 2. The third-order valence-electron chi connectivity index (χ3n) is 3.41. The van der Waals surface area contributed by atoms with E-state index in [1.54, 1.807) is 0 Å². The Morgan fingerprint density at radius 2 is 2.24 bits per heavy atom. The summed E-state index contributed by atoms with van der Waals surface area (Å²) in [5.41, 5.74) is 0. The Hall–Kier alpha value is -0.650. The SMILES string of the molecule is CC1CCC(CN2CCOC(CC(=O)O)C2)O1. The van der Waals surface area contributed by atoms with Crippen LogP contribution in [0.2, 0.25) is 0 Å². The molecule has 0 radical (unpaired) electrons. The number of morpholine rings is 1. The van der Waals surface area contributed by atoms with E-state index in [4.69, 9.17) is 14.6 Å². The highest BCUT2D eigenvalue weighted by Gasteiger charge is 2.28. The first-order chi connectivity index (χ1) is 8.13. The molecule has 5 heteroatoms. The molecule has 0 aliphatic carbocycles. The lowest BCUT2D eigenvalue weighted by molar-refractivity contribution is -0.142. The van der Waals surface area contributed by atoms with Gasteiger partial charge in [-0.15, -0.1) is 0 Å². The minimum absolute atomic E-state index is 0.0957. The summed E-state index contributed by atoms with van der Waals surface area (Å²) in [4.78, 5) is 12.9. The maximum absolute atomic E-state index is 10.6. The van der Waals surface area contributed by atoms with Crippen molar-refractivity contribution >= 4 is 5.97 Å². The maximum atomic E-state index is 10.6. The summed E-state index contributed by atoms with van der Waals surface area (Å²) >= 11 is 0. The molecule has 98 valence electrons. The Morgan fingerprint density at radius 1 is 1.41 bits per heavy atom. The molecule has 2 aliphatic rings. The van der Waals surface area contributed by atoms with Gasteiger partial charge in [0.05, 0.1) is 31.3 Å². The van der Waals surface area contributed by atoms with Crippen molar-refractivity contribution in [3.63, 3.8) is 0 Å². The Kier molecular flexibility index (Phi) is 4.36. The third-order valence-corrected chi connectivity index (χ3v) is 3.41. The molecule has 0 aromatic rings. The molecular formula is C12H21NO4. The summed E-state index contributed by atoms with van der Waals surface area (Å²) in [5.74, 6) is -0.789. The highest BCUT2D eigenvalue weighted by atomic mass is 16.5. The Morgan fingerprint density at radius 3 is 2.88 bits per heavy atom. The van der Waals surface area contributed by atoms with E-state index in [2.05, 4.69) is 11.8 Å². The molecular weight excluding hydrogens is 222 g/mol. The van der Waals surface area contributed by atoms with Crippen molar-refractivity contribution in [1.82, 2.24) is 4.90 Å². The lowest BCUT2D eigenvalue weighted by atomic mass is 10.1. The molecule has 5 nitrogen and oxygen atoms in total. The van der Waals surface area contributed by atoms with E-state index in [1.807, 2.05) is 0 Å². The number of carboxylic acid groups (broad SMARTS) is 1. The topological polar surface area (TPSA) is 59.0 Å². The first-order valence-corrected chi connectivity index (χ1v) is 6.34. The summed E-state index contributed by atoms with van der Waals surface area (Å²) in [5, 5.41) is 8.75. The van der Waals surface area contributed by atoms with Gasteiger partial charge in [-0.05, 0) is 19.8 Å². The predicted molar refractivity (Wildman–Crippen MR) is 62.0 cm³/mol. The molecule has 3 unspecified atom stereocenters. The molecule has 2 rings (SSSR count). The van der Waals surface area contributed by atoms with Crippen molar-refractivity contribution in [2.75, 3.05) is 26.2 Å². The molecule has 2 fully saturated rings. The van der Waals surface area contributed by atoms with Gasteiger partial charge < -0.3 is 14.6 Å². The average Bonchev–Trinajstić information content (AvgIpc) is 2.63. The van der Waals surface area contributed by atoms with Gasteiger partial charge in [0, 0.05) is 19.6 Å². The molecule has 3 atom stereocenters. The van der Waals surface area contributed by atoms with Crippen LogP contribution in [-0.2, 0) is 14.3 Å². The molecule has 17 heavy (non-hydrogen) atoms. The van der Waals surface area contributed by atoms with Gasteiger partial charge in [0.15, 0.2) is 0 Å². The molecule has 2 aliphatic heterocycles. The van der Waals surface area contributed by atoms with Gasteiger partial charge in [-0.3, -0.25) is 9.69 Å². The Labute approximate surface area is 102 Å². The van der Waals surface area contributed by atoms with Crippen molar-refractivity contribution in [2.45, 2.75) is 44.5 Å². The van der Waals surface area contributed by atoms with Gasteiger partial charge in [0.1, 0.15) is 0 Å². The fourth-order valence-corrected chi connectivity index (χ4v) is 2.57. The molecule has 0 amide bonds. The van der Waals surface area contributed by atoms with Crippen LogP contribution in [0.3, 0.4) is 0 Å². The molecule has 0 saturated carbocycles. The number of carboxylic acids is 1. The summed E-state index contributed by atoms with van der Waals surface area (Å²) in [6, 6.07) is 0. The normalized spacial score (nSPS) is 35.0. The van der Waals surface area contributed by atoms with E-state index in [9.17, 15) is 4.79 Å². The fourth-order valence-electron chi connectivity index (χ4n) is 2.57. The second-order valence-electron chi connectivity index (χ2n) is 5.00. The van der Waals surface area contributed by atoms with Crippen LogP contribution in [0, 0.1) is 0 Å². The van der Waals surface area contributed by atoms with Crippen LogP contribution in [0.5, 0.6) is 0 Å². The minimum Gasteiger partial charge on any atom is -0.481 e. The maximum Gasteiger partial charge on any atom is 0.306 e. The van der Waals surface area contributed by atoms with Gasteiger partial charge in [-0.1, -0.05) is 0 Å². The quantitative estimate of drug-likeness (QED) is 0.788. The van der Waals surface area contributed by atoms with Gasteiger partial charge in [0.25, 0.3) is 0 Å². The molecule has 0 aromatic heterocycles. The number of nitrogens with zero attached hydrogens (tertiary/aromatic N) is 1. The first kappa shape index (κ1) is 12.8. The summed E-state index contributed by atoms with van der Waals surface area (Å²) in [6.45, 7) is 5.22. The number of hydrogen-bond acceptors (Lipinski definition) is 4. The molecule has 0 aromatic carbocycles. The van der Waals surface area contributed by atoms with Crippen LogP contribution < -0.4 is 0 Å². The number of hydrogen-bond donors (Lipinski definition) is 1. The zero-order valence-electron chi connectivity index (χ0n) is 10.3. The van der Waals surface area contributed by atoms with Crippen molar-refractivity contribution in [3.8, 4) is 0 Å². The van der Waals surface area contributed by atoms with Crippen molar-refractivity contribution in [3.05, 3.63) is 0 Å². The van der Waals surface area contributed by atoms with Crippen LogP contribution in [0.1, 0.15) is 26.2 Å². The third kappa shape index (κ3) is 3.94.